The van der Waals surface area contributed by atoms with E-state index in [-0.39, 0.29) is 5.54 Å². The first-order valence-corrected chi connectivity index (χ1v) is 8.07. The van der Waals surface area contributed by atoms with Gasteiger partial charge in [0.25, 0.3) is 0 Å². The van der Waals surface area contributed by atoms with Gasteiger partial charge in [0, 0.05) is 29.4 Å². The fourth-order valence-corrected chi connectivity index (χ4v) is 3.31. The Hall–Kier alpha value is -0.580. The van der Waals surface area contributed by atoms with Crippen molar-refractivity contribution >= 4 is 21.6 Å². The summed E-state index contributed by atoms with van der Waals surface area (Å²) in [5.74, 6) is 0. The Morgan fingerprint density at radius 3 is 2.30 bits per heavy atom. The Balaban J connectivity index is 2.15. The number of aryl methyl sites for hydroxylation is 2. The number of nitrogens with one attached hydrogen (secondary N) is 1. The maximum absolute atomic E-state index is 6.07. The quantitative estimate of drug-likeness (QED) is 0.877. The number of methoxy groups -OCH3 is 1. The van der Waals surface area contributed by atoms with Gasteiger partial charge in [-0.1, -0.05) is 15.9 Å². The smallest absolute Gasteiger partial charge is 0.0573 e. The molecule has 20 heavy (non-hydrogen) atoms. The van der Waals surface area contributed by atoms with E-state index >= 15 is 0 Å². The summed E-state index contributed by atoms with van der Waals surface area (Å²) in [6.45, 7) is 4.91. The molecule has 3 nitrogen and oxygen atoms in total. The molecular formula is C16H25BrN2O. The van der Waals surface area contributed by atoms with Gasteiger partial charge in [0.05, 0.1) is 6.10 Å². The number of rotatable bonds is 4. The van der Waals surface area contributed by atoms with Gasteiger partial charge in [0.2, 0.25) is 0 Å². The molecule has 2 rings (SSSR count). The molecular weight excluding hydrogens is 316 g/mol. The van der Waals surface area contributed by atoms with Gasteiger partial charge in [0.15, 0.2) is 0 Å². The van der Waals surface area contributed by atoms with E-state index in [4.69, 9.17) is 10.5 Å². The predicted molar refractivity (Wildman–Crippen MR) is 88.3 cm³/mol. The van der Waals surface area contributed by atoms with Crippen molar-refractivity contribution in [2.75, 3.05) is 19.0 Å². The zero-order valence-corrected chi connectivity index (χ0v) is 14.2. The van der Waals surface area contributed by atoms with Crippen molar-refractivity contribution in [3.63, 3.8) is 0 Å². The third-order valence-corrected chi connectivity index (χ3v) is 5.71. The molecule has 0 unspecified atom stereocenters. The summed E-state index contributed by atoms with van der Waals surface area (Å²) in [7, 11) is 1.80. The fourth-order valence-electron chi connectivity index (χ4n) is 3.08. The van der Waals surface area contributed by atoms with Crippen LogP contribution >= 0.6 is 15.9 Å². The van der Waals surface area contributed by atoms with E-state index in [0.717, 1.165) is 25.7 Å². The monoisotopic (exact) mass is 340 g/mol. The Kier molecular flexibility index (Phi) is 5.10. The lowest BCUT2D eigenvalue weighted by Gasteiger charge is -2.40. The highest BCUT2D eigenvalue weighted by Crippen LogP contribution is 2.34. The highest BCUT2D eigenvalue weighted by atomic mass is 79.9. The Morgan fingerprint density at radius 2 is 1.85 bits per heavy atom. The van der Waals surface area contributed by atoms with E-state index in [1.54, 1.807) is 7.11 Å². The van der Waals surface area contributed by atoms with Gasteiger partial charge in [-0.2, -0.15) is 0 Å². The first-order valence-electron chi connectivity index (χ1n) is 7.27. The van der Waals surface area contributed by atoms with Crippen molar-refractivity contribution < 1.29 is 4.74 Å². The molecule has 1 saturated carbocycles. The number of halogens is 1. The minimum Gasteiger partial charge on any atom is -0.381 e. The normalized spacial score (nSPS) is 26.6. The van der Waals surface area contributed by atoms with Crippen LogP contribution in [0.5, 0.6) is 0 Å². The predicted octanol–water partition coefficient (Wildman–Crippen LogP) is 3.76. The van der Waals surface area contributed by atoms with Crippen molar-refractivity contribution in [3.8, 4) is 0 Å². The summed E-state index contributed by atoms with van der Waals surface area (Å²) < 4.78 is 6.65. The standard InChI is InChI=1S/C16H25BrN2O/c1-11-8-13(9-12(2)15(11)17)19-16(10-18)6-4-14(20-3)5-7-16/h8-9,14,19H,4-7,10,18H2,1-3H3. The molecule has 0 aromatic heterocycles. The molecule has 0 atom stereocenters. The van der Waals surface area contributed by atoms with E-state index in [1.807, 2.05) is 0 Å². The van der Waals surface area contributed by atoms with Gasteiger partial charge in [0.1, 0.15) is 0 Å². The average Bonchev–Trinajstić information content (AvgIpc) is 2.45. The van der Waals surface area contributed by atoms with Gasteiger partial charge in [-0.05, 0) is 62.8 Å². The summed E-state index contributed by atoms with van der Waals surface area (Å²) in [5.41, 5.74) is 9.76. The van der Waals surface area contributed by atoms with E-state index in [9.17, 15) is 0 Å². The molecule has 0 saturated heterocycles. The van der Waals surface area contributed by atoms with Crippen LogP contribution in [0.4, 0.5) is 5.69 Å². The Labute approximate surface area is 130 Å². The molecule has 1 aliphatic rings. The lowest BCUT2D eigenvalue weighted by atomic mass is 9.80. The van der Waals surface area contributed by atoms with E-state index < -0.39 is 0 Å². The summed E-state index contributed by atoms with van der Waals surface area (Å²) in [6, 6.07) is 4.38. The number of hydrogen-bond acceptors (Lipinski definition) is 3. The molecule has 112 valence electrons. The molecule has 0 bridgehead atoms. The minimum atomic E-state index is 0.0156. The molecule has 0 heterocycles. The zero-order valence-electron chi connectivity index (χ0n) is 12.6. The second-order valence-corrected chi connectivity index (χ2v) is 6.76. The van der Waals surface area contributed by atoms with Crippen molar-refractivity contribution in [1.82, 2.24) is 0 Å². The summed E-state index contributed by atoms with van der Waals surface area (Å²) in [4.78, 5) is 0. The molecule has 0 radical (unpaired) electrons. The molecule has 1 fully saturated rings. The van der Waals surface area contributed by atoms with Gasteiger partial charge in [-0.15, -0.1) is 0 Å². The van der Waals surface area contributed by atoms with E-state index in [1.165, 1.54) is 21.3 Å². The van der Waals surface area contributed by atoms with Crippen LogP contribution < -0.4 is 11.1 Å². The molecule has 0 aliphatic heterocycles. The average molecular weight is 341 g/mol. The second-order valence-electron chi connectivity index (χ2n) is 5.97. The maximum Gasteiger partial charge on any atom is 0.0573 e. The van der Waals surface area contributed by atoms with Gasteiger partial charge >= 0.3 is 0 Å². The topological polar surface area (TPSA) is 47.3 Å². The molecule has 3 N–H and O–H groups in total. The van der Waals surface area contributed by atoms with Crippen LogP contribution in [-0.4, -0.2) is 25.3 Å². The van der Waals surface area contributed by atoms with Crippen LogP contribution in [0.25, 0.3) is 0 Å². The Morgan fingerprint density at radius 1 is 1.30 bits per heavy atom. The lowest BCUT2D eigenvalue weighted by molar-refractivity contribution is 0.0550. The third kappa shape index (κ3) is 3.35. The van der Waals surface area contributed by atoms with Crippen LogP contribution in [0.15, 0.2) is 16.6 Å². The maximum atomic E-state index is 6.07. The first kappa shape index (κ1) is 15.8. The van der Waals surface area contributed by atoms with Crippen molar-refractivity contribution in [2.24, 2.45) is 5.73 Å². The van der Waals surface area contributed by atoms with Gasteiger partial charge in [-0.3, -0.25) is 0 Å². The fraction of sp³-hybridized carbons (Fsp3) is 0.625. The zero-order chi connectivity index (χ0) is 14.8. The molecule has 0 spiro atoms. The van der Waals surface area contributed by atoms with Crippen LogP contribution in [0, 0.1) is 13.8 Å². The first-order chi connectivity index (χ1) is 9.49. The van der Waals surface area contributed by atoms with Crippen LogP contribution in [0.3, 0.4) is 0 Å². The van der Waals surface area contributed by atoms with Crippen LogP contribution in [0.2, 0.25) is 0 Å². The lowest BCUT2D eigenvalue weighted by Crippen LogP contribution is -2.49. The van der Waals surface area contributed by atoms with Crippen molar-refractivity contribution in [3.05, 3.63) is 27.7 Å². The summed E-state index contributed by atoms with van der Waals surface area (Å²) in [5, 5.41) is 3.70. The van der Waals surface area contributed by atoms with Gasteiger partial charge < -0.3 is 15.8 Å². The van der Waals surface area contributed by atoms with Crippen LogP contribution in [0.1, 0.15) is 36.8 Å². The van der Waals surface area contributed by atoms with Crippen molar-refractivity contribution in [2.45, 2.75) is 51.2 Å². The third-order valence-electron chi connectivity index (χ3n) is 4.46. The van der Waals surface area contributed by atoms with Crippen LogP contribution in [-0.2, 0) is 4.74 Å². The number of anilines is 1. The van der Waals surface area contributed by atoms with Gasteiger partial charge in [-0.25, -0.2) is 0 Å². The molecule has 1 aromatic carbocycles. The molecule has 1 aromatic rings. The molecule has 1 aliphatic carbocycles. The number of benzene rings is 1. The number of hydrogen-bond donors (Lipinski definition) is 2. The number of nitrogens with two attached hydrogens (primary N) is 1. The summed E-state index contributed by atoms with van der Waals surface area (Å²) in [6.07, 6.45) is 4.68. The molecule has 4 heteroatoms. The largest absolute Gasteiger partial charge is 0.381 e. The number of ether oxygens (including phenoxy) is 1. The van der Waals surface area contributed by atoms with E-state index in [0.29, 0.717) is 12.6 Å². The second kappa shape index (κ2) is 6.46. The Bertz CT molecular complexity index is 445. The SMILES string of the molecule is COC1CCC(CN)(Nc2cc(C)c(Br)c(C)c2)CC1. The minimum absolute atomic E-state index is 0.0156. The van der Waals surface area contributed by atoms with E-state index in [2.05, 4.69) is 47.2 Å². The highest BCUT2D eigenvalue weighted by molar-refractivity contribution is 9.10. The molecule has 0 amide bonds. The van der Waals surface area contributed by atoms with Crippen molar-refractivity contribution in [1.29, 1.82) is 0 Å². The highest BCUT2D eigenvalue weighted by Gasteiger charge is 2.34. The summed E-state index contributed by atoms with van der Waals surface area (Å²) >= 11 is 3.62.